The van der Waals surface area contributed by atoms with E-state index < -0.39 is 6.09 Å². The zero-order chi connectivity index (χ0) is 26.7. The van der Waals surface area contributed by atoms with Gasteiger partial charge < -0.3 is 19.9 Å². The summed E-state index contributed by atoms with van der Waals surface area (Å²) in [6.45, 7) is 5.35. The molecule has 2 N–H and O–H groups in total. The first-order chi connectivity index (χ1) is 18.5. The van der Waals surface area contributed by atoms with Crippen LogP contribution in [0.2, 0.25) is 0 Å². The van der Waals surface area contributed by atoms with Gasteiger partial charge in [-0.3, -0.25) is 0 Å². The highest BCUT2D eigenvalue weighted by Gasteiger charge is 2.15. The molecule has 0 aliphatic carbocycles. The van der Waals surface area contributed by atoms with Crippen LogP contribution in [0.1, 0.15) is 41.2 Å². The normalized spacial score (nSPS) is 11.4. The molecule has 0 aliphatic heterocycles. The van der Waals surface area contributed by atoms with Gasteiger partial charge in [-0.2, -0.15) is 0 Å². The molecule has 0 saturated carbocycles. The van der Waals surface area contributed by atoms with Gasteiger partial charge in [-0.1, -0.05) is 85.8 Å². The number of hydrogen-bond acceptors (Lipinski definition) is 3. The fourth-order valence-corrected chi connectivity index (χ4v) is 4.43. The highest BCUT2D eigenvalue weighted by atomic mass is 16.5. The van der Waals surface area contributed by atoms with E-state index in [0.717, 1.165) is 34.4 Å². The molecule has 0 spiro atoms. The second kappa shape index (κ2) is 13.2. The highest BCUT2D eigenvalue weighted by Crippen LogP contribution is 2.36. The lowest BCUT2D eigenvalue weighted by atomic mass is 9.86. The Morgan fingerprint density at radius 1 is 0.763 bits per heavy atom. The number of ether oxygens (including phenoxy) is 2. The summed E-state index contributed by atoms with van der Waals surface area (Å²) < 4.78 is 11.7. The van der Waals surface area contributed by atoms with E-state index in [9.17, 15) is 4.79 Å². The Labute approximate surface area is 224 Å². The molecule has 4 aromatic rings. The SMILES string of the molecule is CC/C(=C(/c1ccc(OCCNC(=O)O)cc1)c1ccc(OCc2ccccc2)cc1)c1ccccc1C. The number of carboxylic acid groups (broad SMARTS) is 1. The first-order valence-corrected chi connectivity index (χ1v) is 12.8. The van der Waals surface area contributed by atoms with Crippen molar-refractivity contribution in [2.45, 2.75) is 26.9 Å². The maximum Gasteiger partial charge on any atom is 0.404 e. The molecule has 4 rings (SSSR count). The second-order valence-electron chi connectivity index (χ2n) is 8.93. The molecule has 0 saturated heterocycles. The van der Waals surface area contributed by atoms with Gasteiger partial charge in [0.15, 0.2) is 0 Å². The van der Waals surface area contributed by atoms with Gasteiger partial charge in [0.25, 0.3) is 0 Å². The van der Waals surface area contributed by atoms with Gasteiger partial charge in [0, 0.05) is 0 Å². The van der Waals surface area contributed by atoms with Crippen molar-refractivity contribution < 1.29 is 19.4 Å². The highest BCUT2D eigenvalue weighted by molar-refractivity contribution is 5.99. The van der Waals surface area contributed by atoms with Crippen LogP contribution in [-0.4, -0.2) is 24.4 Å². The van der Waals surface area contributed by atoms with Crippen molar-refractivity contribution in [1.82, 2.24) is 5.32 Å². The number of rotatable bonds is 11. The zero-order valence-electron chi connectivity index (χ0n) is 21.8. The van der Waals surface area contributed by atoms with Crippen LogP contribution < -0.4 is 14.8 Å². The predicted molar refractivity (Wildman–Crippen MR) is 153 cm³/mol. The van der Waals surface area contributed by atoms with E-state index in [1.54, 1.807) is 0 Å². The van der Waals surface area contributed by atoms with Crippen LogP contribution in [0.15, 0.2) is 103 Å². The molecule has 0 heterocycles. The van der Waals surface area contributed by atoms with Crippen molar-refractivity contribution in [3.8, 4) is 11.5 Å². The zero-order valence-corrected chi connectivity index (χ0v) is 21.8. The number of hydrogen-bond donors (Lipinski definition) is 2. The van der Waals surface area contributed by atoms with Gasteiger partial charge in [-0.25, -0.2) is 4.79 Å². The largest absolute Gasteiger partial charge is 0.492 e. The van der Waals surface area contributed by atoms with E-state index in [0.29, 0.717) is 12.4 Å². The van der Waals surface area contributed by atoms with Crippen LogP contribution in [0.3, 0.4) is 0 Å². The maximum absolute atomic E-state index is 10.6. The molecule has 0 aliphatic rings. The minimum atomic E-state index is -1.06. The lowest BCUT2D eigenvalue weighted by molar-refractivity contribution is 0.191. The Hall–Kier alpha value is -4.51. The molecule has 1 amide bonds. The lowest BCUT2D eigenvalue weighted by Crippen LogP contribution is -2.26. The van der Waals surface area contributed by atoms with Gasteiger partial charge in [0.2, 0.25) is 0 Å². The van der Waals surface area contributed by atoms with Gasteiger partial charge in [0.1, 0.15) is 24.7 Å². The smallest absolute Gasteiger partial charge is 0.404 e. The summed E-state index contributed by atoms with van der Waals surface area (Å²) in [5.74, 6) is 1.52. The quantitative estimate of drug-likeness (QED) is 0.162. The van der Waals surface area contributed by atoms with Gasteiger partial charge in [0.05, 0.1) is 6.54 Å². The summed E-state index contributed by atoms with van der Waals surface area (Å²) in [6, 6.07) is 34.9. The summed E-state index contributed by atoms with van der Waals surface area (Å²) in [6.07, 6.45) is -0.190. The van der Waals surface area contributed by atoms with E-state index in [4.69, 9.17) is 14.6 Å². The molecule has 0 radical (unpaired) electrons. The predicted octanol–water partition coefficient (Wildman–Crippen LogP) is 7.59. The molecule has 5 heteroatoms. The third-order valence-electron chi connectivity index (χ3n) is 6.31. The maximum atomic E-state index is 10.6. The summed E-state index contributed by atoms with van der Waals surface area (Å²) in [5, 5.41) is 11.0. The Morgan fingerprint density at radius 2 is 1.34 bits per heavy atom. The molecule has 0 unspecified atom stereocenters. The van der Waals surface area contributed by atoms with E-state index in [1.807, 2.05) is 42.5 Å². The standard InChI is InChI=1S/C33H33NO4/c1-3-30(31-12-8-7-9-24(31)2)32(26-13-17-28(18-14-26)37-22-21-34-33(35)36)27-15-19-29(20-16-27)38-23-25-10-5-4-6-11-25/h4-20,34H,3,21-23H2,1-2H3,(H,35,36)/b32-30+. The summed E-state index contributed by atoms with van der Waals surface area (Å²) in [5.41, 5.74) is 8.21. The molecule has 0 aromatic heterocycles. The van der Waals surface area contributed by atoms with Crippen LogP contribution in [-0.2, 0) is 6.61 Å². The number of carbonyl (C=O) groups is 1. The Balaban J connectivity index is 1.64. The second-order valence-corrected chi connectivity index (χ2v) is 8.93. The van der Waals surface area contributed by atoms with E-state index in [1.165, 1.54) is 16.7 Å². The average molecular weight is 508 g/mol. The van der Waals surface area contributed by atoms with E-state index in [2.05, 4.69) is 79.8 Å². The third kappa shape index (κ3) is 7.04. The van der Waals surface area contributed by atoms with Crippen molar-refractivity contribution >= 4 is 17.2 Å². The number of aryl methyl sites for hydroxylation is 1. The lowest BCUT2D eigenvalue weighted by Gasteiger charge is -2.18. The topological polar surface area (TPSA) is 67.8 Å². The van der Waals surface area contributed by atoms with Crippen molar-refractivity contribution in [3.05, 3.63) is 131 Å². The number of amides is 1. The van der Waals surface area contributed by atoms with Gasteiger partial charge in [-0.05, 0) is 76.6 Å². The number of nitrogens with one attached hydrogen (secondary N) is 1. The van der Waals surface area contributed by atoms with Crippen LogP contribution in [0.4, 0.5) is 4.79 Å². The monoisotopic (exact) mass is 507 g/mol. The van der Waals surface area contributed by atoms with Crippen molar-refractivity contribution in [2.24, 2.45) is 0 Å². The van der Waals surface area contributed by atoms with Crippen LogP contribution in [0.25, 0.3) is 11.1 Å². The third-order valence-corrected chi connectivity index (χ3v) is 6.31. The Kier molecular flexibility index (Phi) is 9.19. The van der Waals surface area contributed by atoms with Crippen molar-refractivity contribution in [3.63, 3.8) is 0 Å². The average Bonchev–Trinajstić information content (AvgIpc) is 2.95. The van der Waals surface area contributed by atoms with Crippen LogP contribution in [0, 0.1) is 6.92 Å². The van der Waals surface area contributed by atoms with Crippen molar-refractivity contribution in [2.75, 3.05) is 13.2 Å². The summed E-state index contributed by atoms with van der Waals surface area (Å²) >= 11 is 0. The minimum Gasteiger partial charge on any atom is -0.492 e. The van der Waals surface area contributed by atoms with Gasteiger partial charge in [-0.15, -0.1) is 0 Å². The number of benzene rings is 4. The van der Waals surface area contributed by atoms with E-state index >= 15 is 0 Å². The molecular formula is C33H33NO4. The first kappa shape index (κ1) is 26.6. The van der Waals surface area contributed by atoms with Crippen molar-refractivity contribution in [1.29, 1.82) is 0 Å². The molecule has 0 bridgehead atoms. The Morgan fingerprint density at radius 3 is 1.92 bits per heavy atom. The fraction of sp³-hybridized carbons (Fsp3) is 0.182. The Bertz CT molecular complexity index is 1360. The summed E-state index contributed by atoms with van der Waals surface area (Å²) in [4.78, 5) is 10.6. The summed E-state index contributed by atoms with van der Waals surface area (Å²) in [7, 11) is 0. The molecule has 0 atom stereocenters. The molecule has 4 aromatic carbocycles. The molecule has 0 fully saturated rings. The van der Waals surface area contributed by atoms with E-state index in [-0.39, 0.29) is 13.2 Å². The molecule has 194 valence electrons. The molecule has 5 nitrogen and oxygen atoms in total. The first-order valence-electron chi connectivity index (χ1n) is 12.8. The minimum absolute atomic E-state index is 0.230. The van der Waals surface area contributed by atoms with Crippen LogP contribution >= 0.6 is 0 Å². The molecular weight excluding hydrogens is 474 g/mol. The van der Waals surface area contributed by atoms with Crippen LogP contribution in [0.5, 0.6) is 11.5 Å². The van der Waals surface area contributed by atoms with Gasteiger partial charge >= 0.3 is 6.09 Å². The fourth-order valence-electron chi connectivity index (χ4n) is 4.43. The number of allylic oxidation sites excluding steroid dienone is 1. The molecule has 38 heavy (non-hydrogen) atoms.